The second-order valence-corrected chi connectivity index (χ2v) is 6.55. The third-order valence-corrected chi connectivity index (χ3v) is 5.37. The first-order valence-electron chi connectivity index (χ1n) is 6.13. The van der Waals surface area contributed by atoms with E-state index in [1.54, 1.807) is 6.92 Å². The van der Waals surface area contributed by atoms with Gasteiger partial charge in [0.2, 0.25) is 10.0 Å². The lowest BCUT2D eigenvalue weighted by Crippen LogP contribution is -2.28. The van der Waals surface area contributed by atoms with Crippen LogP contribution < -0.4 is 11.3 Å². The number of hydrazine groups is 1. The van der Waals surface area contributed by atoms with E-state index >= 15 is 0 Å². The Labute approximate surface area is 116 Å². The highest BCUT2D eigenvalue weighted by Crippen LogP contribution is 2.32. The summed E-state index contributed by atoms with van der Waals surface area (Å²) >= 11 is 0. The van der Waals surface area contributed by atoms with Gasteiger partial charge in [0.25, 0.3) is 5.69 Å². The highest BCUT2D eigenvalue weighted by atomic mass is 32.2. The van der Waals surface area contributed by atoms with Gasteiger partial charge in [0.15, 0.2) is 0 Å². The maximum absolute atomic E-state index is 12.5. The minimum atomic E-state index is -3.69. The van der Waals surface area contributed by atoms with Crippen molar-refractivity contribution in [2.45, 2.75) is 24.7 Å². The topological polar surface area (TPSA) is 119 Å². The van der Waals surface area contributed by atoms with E-state index in [9.17, 15) is 18.5 Å². The number of anilines is 1. The van der Waals surface area contributed by atoms with Crippen LogP contribution in [0.5, 0.6) is 0 Å². The van der Waals surface area contributed by atoms with Crippen LogP contribution in [-0.2, 0) is 10.0 Å². The molecule has 2 rings (SSSR count). The number of nitrogens with one attached hydrogen (secondary N) is 1. The molecule has 1 saturated heterocycles. The molecule has 0 amide bonds. The van der Waals surface area contributed by atoms with E-state index in [0.29, 0.717) is 18.7 Å². The number of rotatable bonds is 4. The molecule has 0 spiro atoms. The Balaban J connectivity index is 2.56. The van der Waals surface area contributed by atoms with Crippen LogP contribution in [0.25, 0.3) is 0 Å². The van der Waals surface area contributed by atoms with Gasteiger partial charge in [-0.1, -0.05) is 0 Å². The number of nitrogen functional groups attached to an aromatic ring is 1. The summed E-state index contributed by atoms with van der Waals surface area (Å²) in [5.74, 6) is 5.22. The van der Waals surface area contributed by atoms with Crippen molar-refractivity contribution in [1.82, 2.24) is 4.31 Å². The average Bonchev–Trinajstić information content (AvgIpc) is 2.92. The lowest BCUT2D eigenvalue weighted by molar-refractivity contribution is -0.384. The summed E-state index contributed by atoms with van der Waals surface area (Å²) in [4.78, 5) is 10.3. The number of nitrogens with two attached hydrogens (primary N) is 1. The van der Waals surface area contributed by atoms with Gasteiger partial charge in [-0.2, -0.15) is 4.31 Å². The van der Waals surface area contributed by atoms with Gasteiger partial charge >= 0.3 is 0 Å². The molecule has 20 heavy (non-hydrogen) atoms. The van der Waals surface area contributed by atoms with E-state index in [4.69, 9.17) is 5.84 Å². The van der Waals surface area contributed by atoms with Crippen molar-refractivity contribution in [3.63, 3.8) is 0 Å². The van der Waals surface area contributed by atoms with Crippen molar-refractivity contribution >= 4 is 21.4 Å². The van der Waals surface area contributed by atoms with E-state index in [2.05, 4.69) is 5.43 Å². The lowest BCUT2D eigenvalue weighted by Gasteiger charge is -2.17. The molecule has 9 heteroatoms. The van der Waals surface area contributed by atoms with Crippen LogP contribution in [0.4, 0.5) is 11.4 Å². The van der Waals surface area contributed by atoms with Gasteiger partial charge in [0.1, 0.15) is 5.69 Å². The molecule has 1 fully saturated rings. The van der Waals surface area contributed by atoms with E-state index in [0.717, 1.165) is 18.9 Å². The highest BCUT2D eigenvalue weighted by molar-refractivity contribution is 7.89. The molecule has 0 aliphatic carbocycles. The zero-order valence-electron chi connectivity index (χ0n) is 11.0. The molecule has 0 unspecified atom stereocenters. The maximum atomic E-state index is 12.5. The Morgan fingerprint density at radius 3 is 2.45 bits per heavy atom. The van der Waals surface area contributed by atoms with Crippen LogP contribution in [0.15, 0.2) is 17.0 Å². The number of hydrogen-bond donors (Lipinski definition) is 2. The smallest absolute Gasteiger partial charge is 0.295 e. The fraction of sp³-hybridized carbons (Fsp3) is 0.455. The van der Waals surface area contributed by atoms with Crippen molar-refractivity contribution in [1.29, 1.82) is 0 Å². The fourth-order valence-corrected chi connectivity index (χ4v) is 4.03. The van der Waals surface area contributed by atoms with Gasteiger partial charge in [-0.15, -0.1) is 0 Å². The molecule has 1 aromatic carbocycles. The minimum absolute atomic E-state index is 0.0369. The second kappa shape index (κ2) is 5.35. The van der Waals surface area contributed by atoms with Crippen molar-refractivity contribution in [3.05, 3.63) is 27.8 Å². The lowest BCUT2D eigenvalue weighted by atomic mass is 10.2. The molecular formula is C11H16N4O4S. The molecule has 0 aromatic heterocycles. The fourth-order valence-electron chi connectivity index (χ4n) is 2.29. The third kappa shape index (κ3) is 2.47. The summed E-state index contributed by atoms with van der Waals surface area (Å²) in [5.41, 5.74) is 2.38. The molecule has 110 valence electrons. The summed E-state index contributed by atoms with van der Waals surface area (Å²) < 4.78 is 26.3. The van der Waals surface area contributed by atoms with Crippen molar-refractivity contribution in [2.24, 2.45) is 5.84 Å². The molecule has 1 aliphatic rings. The summed E-state index contributed by atoms with van der Waals surface area (Å²) in [6, 6.07) is 2.44. The number of nitrogens with zero attached hydrogens (tertiary/aromatic N) is 2. The Morgan fingerprint density at radius 2 is 1.95 bits per heavy atom. The molecule has 0 bridgehead atoms. The molecule has 1 aromatic rings. The Hall–Kier alpha value is -1.71. The summed E-state index contributed by atoms with van der Waals surface area (Å²) in [6.07, 6.45) is 1.62. The van der Waals surface area contributed by atoms with Crippen LogP contribution >= 0.6 is 0 Å². The van der Waals surface area contributed by atoms with Gasteiger partial charge in [0.05, 0.1) is 9.82 Å². The van der Waals surface area contributed by atoms with Crippen LogP contribution in [0.3, 0.4) is 0 Å². The van der Waals surface area contributed by atoms with Crippen molar-refractivity contribution < 1.29 is 13.3 Å². The normalized spacial score (nSPS) is 16.3. The Bertz CT molecular complexity index is 638. The van der Waals surface area contributed by atoms with Crippen LogP contribution in [0.1, 0.15) is 18.4 Å². The molecule has 0 radical (unpaired) electrons. The Kier molecular flexibility index (Phi) is 3.93. The average molecular weight is 300 g/mol. The maximum Gasteiger partial charge on any atom is 0.295 e. The van der Waals surface area contributed by atoms with E-state index < -0.39 is 14.9 Å². The number of aryl methyl sites for hydroxylation is 1. The monoisotopic (exact) mass is 300 g/mol. The zero-order chi connectivity index (χ0) is 14.9. The molecule has 3 N–H and O–H groups in total. The summed E-state index contributed by atoms with van der Waals surface area (Å²) in [5, 5.41) is 11.0. The minimum Gasteiger partial charge on any atom is -0.318 e. The van der Waals surface area contributed by atoms with E-state index in [1.807, 2.05) is 0 Å². The molecule has 0 atom stereocenters. The molecular weight excluding hydrogens is 284 g/mol. The van der Waals surface area contributed by atoms with Gasteiger partial charge in [-0.3, -0.25) is 16.0 Å². The van der Waals surface area contributed by atoms with Crippen molar-refractivity contribution in [3.8, 4) is 0 Å². The van der Waals surface area contributed by atoms with Crippen molar-refractivity contribution in [2.75, 3.05) is 18.5 Å². The predicted octanol–water partition coefficient (Wildman–Crippen LogP) is 0.973. The first-order valence-corrected chi connectivity index (χ1v) is 7.57. The predicted molar refractivity (Wildman–Crippen MR) is 73.6 cm³/mol. The number of benzene rings is 1. The largest absolute Gasteiger partial charge is 0.318 e. The molecule has 1 aliphatic heterocycles. The number of sulfonamides is 1. The SMILES string of the molecule is Cc1cc(NN)c([N+](=O)[O-])cc1S(=O)(=O)N1CCCC1. The van der Waals surface area contributed by atoms with Gasteiger partial charge in [0, 0.05) is 19.2 Å². The van der Waals surface area contributed by atoms with E-state index in [1.165, 1.54) is 10.4 Å². The quantitative estimate of drug-likeness (QED) is 0.486. The number of hydrogen-bond acceptors (Lipinski definition) is 6. The van der Waals surface area contributed by atoms with Gasteiger partial charge < -0.3 is 5.43 Å². The van der Waals surface area contributed by atoms with Crippen LogP contribution in [0.2, 0.25) is 0 Å². The molecule has 1 heterocycles. The molecule has 0 saturated carbocycles. The first kappa shape index (κ1) is 14.7. The van der Waals surface area contributed by atoms with Gasteiger partial charge in [-0.05, 0) is 31.4 Å². The summed E-state index contributed by atoms with van der Waals surface area (Å²) in [6.45, 7) is 2.49. The first-order chi connectivity index (χ1) is 9.37. The molecule has 8 nitrogen and oxygen atoms in total. The number of nitro benzene ring substituents is 1. The second-order valence-electron chi connectivity index (χ2n) is 4.65. The Morgan fingerprint density at radius 1 is 1.35 bits per heavy atom. The third-order valence-electron chi connectivity index (χ3n) is 3.33. The van der Waals surface area contributed by atoms with Crippen LogP contribution in [0, 0.1) is 17.0 Å². The van der Waals surface area contributed by atoms with Gasteiger partial charge in [-0.25, -0.2) is 8.42 Å². The zero-order valence-corrected chi connectivity index (χ0v) is 11.8. The summed E-state index contributed by atoms with van der Waals surface area (Å²) in [7, 11) is -3.69. The van der Waals surface area contributed by atoms with E-state index in [-0.39, 0.29) is 16.3 Å². The highest BCUT2D eigenvalue weighted by Gasteiger charge is 2.31. The standard InChI is InChI=1S/C11H16N4O4S/c1-8-6-9(13-12)10(15(16)17)7-11(8)20(18,19)14-4-2-3-5-14/h6-7,13H,2-5,12H2,1H3. The van der Waals surface area contributed by atoms with Crippen LogP contribution in [-0.4, -0.2) is 30.7 Å². The number of nitro groups is 1.